The van der Waals surface area contributed by atoms with Crippen molar-refractivity contribution in [3.8, 4) is 0 Å². The first-order valence-electron chi connectivity index (χ1n) is 7.23. The number of carbonyl (C=O) groups is 1. The molecule has 1 heterocycles. The Hall–Kier alpha value is -2.31. The van der Waals surface area contributed by atoms with Gasteiger partial charge in [0.1, 0.15) is 5.70 Å². The van der Waals surface area contributed by atoms with Crippen LogP contribution in [-0.4, -0.2) is 30.2 Å². The summed E-state index contributed by atoms with van der Waals surface area (Å²) in [6.07, 6.45) is 0. The summed E-state index contributed by atoms with van der Waals surface area (Å²) in [6.45, 7) is 1.63. The number of aliphatic hydroxyl groups excluding tert-OH is 1. The summed E-state index contributed by atoms with van der Waals surface area (Å²) < 4.78 is 26.5. The van der Waals surface area contributed by atoms with E-state index in [1.807, 2.05) is 0 Å². The zero-order valence-corrected chi connectivity index (χ0v) is 14.3. The number of carbonyl (C=O) groups excluding carboxylic acids is 1. The molecule has 0 amide bonds. The van der Waals surface area contributed by atoms with Gasteiger partial charge in [0, 0.05) is 22.7 Å². The third kappa shape index (κ3) is 2.48. The molecule has 2 aromatic carbocycles. The lowest BCUT2D eigenvalue weighted by molar-refractivity contribution is 0.0999. The molecule has 124 valence electrons. The highest BCUT2D eigenvalue weighted by Crippen LogP contribution is 2.35. The predicted octanol–water partition coefficient (Wildman–Crippen LogP) is 3.47. The van der Waals surface area contributed by atoms with Crippen LogP contribution < -0.4 is 0 Å². The molecule has 0 aliphatic carbocycles. The fraction of sp³-hybridized carbons (Fsp3) is 0.118. The number of hydrogen-bond donors (Lipinski definition) is 1. The SMILES string of the molecule is CCN1C(=C(O)c2ccc(Cl)cc2)C(=O)c2ccccc2S1(=O)=O. The standard InChI is InChI=1S/C17H14ClNO4S/c1-2-19-15(16(20)11-7-9-12(18)10-8-11)17(21)13-5-3-4-6-14(13)24(19,22)23/h3-10,20H,2H2,1H3. The van der Waals surface area contributed by atoms with E-state index in [0.29, 0.717) is 10.6 Å². The summed E-state index contributed by atoms with van der Waals surface area (Å²) in [6, 6.07) is 12.1. The van der Waals surface area contributed by atoms with Gasteiger partial charge in [-0.1, -0.05) is 23.7 Å². The van der Waals surface area contributed by atoms with Crippen molar-refractivity contribution in [2.24, 2.45) is 0 Å². The number of nitrogens with zero attached hydrogens (tertiary/aromatic N) is 1. The molecule has 7 heteroatoms. The minimum atomic E-state index is -3.91. The summed E-state index contributed by atoms with van der Waals surface area (Å²) in [5, 5.41) is 11.0. The van der Waals surface area contributed by atoms with Crippen molar-refractivity contribution in [2.45, 2.75) is 11.8 Å². The summed E-state index contributed by atoms with van der Waals surface area (Å²) in [7, 11) is -3.91. The molecule has 1 N–H and O–H groups in total. The Balaban J connectivity index is 2.29. The summed E-state index contributed by atoms with van der Waals surface area (Å²) in [4.78, 5) is 12.8. The molecule has 1 aliphatic heterocycles. The van der Waals surface area contributed by atoms with Gasteiger partial charge in [0.15, 0.2) is 5.76 Å². The topological polar surface area (TPSA) is 74.7 Å². The van der Waals surface area contributed by atoms with E-state index >= 15 is 0 Å². The third-order valence-corrected chi connectivity index (χ3v) is 5.98. The number of aliphatic hydroxyl groups is 1. The monoisotopic (exact) mass is 363 g/mol. The molecule has 0 fully saturated rings. The molecular formula is C17H14ClNO4S. The third-order valence-electron chi connectivity index (χ3n) is 3.79. The molecule has 0 unspecified atom stereocenters. The first kappa shape index (κ1) is 16.5. The molecule has 0 spiro atoms. The van der Waals surface area contributed by atoms with Crippen LogP contribution in [0.25, 0.3) is 5.76 Å². The number of halogens is 1. The number of benzene rings is 2. The van der Waals surface area contributed by atoms with Crippen LogP contribution in [0, 0.1) is 0 Å². The number of sulfonamides is 1. The maximum atomic E-state index is 12.8. The summed E-state index contributed by atoms with van der Waals surface area (Å²) >= 11 is 5.83. The minimum absolute atomic E-state index is 0.0232. The molecule has 0 bridgehead atoms. The van der Waals surface area contributed by atoms with Crippen LogP contribution in [0.4, 0.5) is 0 Å². The summed E-state index contributed by atoms with van der Waals surface area (Å²) in [5.74, 6) is -0.925. The van der Waals surface area contributed by atoms with E-state index in [1.165, 1.54) is 24.3 Å². The summed E-state index contributed by atoms with van der Waals surface area (Å²) in [5.41, 5.74) is 0.118. The average Bonchev–Trinajstić information content (AvgIpc) is 2.58. The van der Waals surface area contributed by atoms with Crippen LogP contribution >= 0.6 is 11.6 Å². The van der Waals surface area contributed by atoms with Gasteiger partial charge >= 0.3 is 0 Å². The lowest BCUT2D eigenvalue weighted by Crippen LogP contribution is -2.39. The largest absolute Gasteiger partial charge is 0.505 e. The lowest BCUT2D eigenvalue weighted by Gasteiger charge is -2.30. The quantitative estimate of drug-likeness (QED) is 0.654. The van der Waals surface area contributed by atoms with Gasteiger partial charge in [-0.2, -0.15) is 0 Å². The Morgan fingerprint density at radius 2 is 1.75 bits per heavy atom. The molecule has 0 atom stereocenters. The van der Waals surface area contributed by atoms with Crippen molar-refractivity contribution >= 4 is 33.2 Å². The van der Waals surface area contributed by atoms with Crippen molar-refractivity contribution in [3.05, 3.63) is 70.4 Å². The highest BCUT2D eigenvalue weighted by atomic mass is 35.5. The normalized spacial score (nSPS) is 18.2. The van der Waals surface area contributed by atoms with Gasteiger partial charge in [0.25, 0.3) is 10.0 Å². The average molecular weight is 364 g/mol. The van der Waals surface area contributed by atoms with Gasteiger partial charge in [-0.15, -0.1) is 0 Å². The highest BCUT2D eigenvalue weighted by Gasteiger charge is 2.40. The molecule has 5 nitrogen and oxygen atoms in total. The van der Waals surface area contributed by atoms with E-state index in [0.717, 1.165) is 4.31 Å². The number of ketones is 1. The van der Waals surface area contributed by atoms with Gasteiger partial charge in [0.2, 0.25) is 5.78 Å². The van der Waals surface area contributed by atoms with Crippen LogP contribution in [0.1, 0.15) is 22.8 Å². The van der Waals surface area contributed by atoms with Crippen molar-refractivity contribution in [1.82, 2.24) is 4.31 Å². The number of hydrogen-bond acceptors (Lipinski definition) is 4. The Kier molecular flexibility index (Phi) is 4.11. The molecule has 0 saturated heterocycles. The van der Waals surface area contributed by atoms with Crippen LogP contribution in [0.2, 0.25) is 5.02 Å². The van der Waals surface area contributed by atoms with Crippen molar-refractivity contribution < 1.29 is 18.3 Å². The molecule has 0 radical (unpaired) electrons. The molecule has 0 aromatic heterocycles. The maximum Gasteiger partial charge on any atom is 0.265 e. The van der Waals surface area contributed by atoms with Gasteiger partial charge in [0.05, 0.1) is 4.90 Å². The molecule has 0 saturated carbocycles. The Morgan fingerprint density at radius 1 is 1.12 bits per heavy atom. The van der Waals surface area contributed by atoms with E-state index in [-0.39, 0.29) is 22.7 Å². The molecule has 3 rings (SSSR count). The molecule has 1 aliphatic rings. The van der Waals surface area contributed by atoms with Crippen molar-refractivity contribution in [1.29, 1.82) is 0 Å². The fourth-order valence-electron chi connectivity index (χ4n) is 2.66. The van der Waals surface area contributed by atoms with E-state index in [4.69, 9.17) is 11.6 Å². The predicted molar refractivity (Wildman–Crippen MR) is 91.3 cm³/mol. The van der Waals surface area contributed by atoms with E-state index in [2.05, 4.69) is 0 Å². The van der Waals surface area contributed by atoms with Gasteiger partial charge in [-0.05, 0) is 43.3 Å². The highest BCUT2D eigenvalue weighted by molar-refractivity contribution is 7.89. The van der Waals surface area contributed by atoms with Crippen LogP contribution in [-0.2, 0) is 10.0 Å². The van der Waals surface area contributed by atoms with E-state index in [9.17, 15) is 18.3 Å². The zero-order valence-electron chi connectivity index (χ0n) is 12.7. The van der Waals surface area contributed by atoms with Crippen molar-refractivity contribution in [3.63, 3.8) is 0 Å². The molecule has 24 heavy (non-hydrogen) atoms. The lowest BCUT2D eigenvalue weighted by atomic mass is 10.0. The van der Waals surface area contributed by atoms with Crippen LogP contribution in [0.5, 0.6) is 0 Å². The number of Topliss-reactive ketones (excluding diaryl/α,β-unsaturated/α-hetero) is 1. The Labute approximate surface area is 144 Å². The van der Waals surface area contributed by atoms with Crippen molar-refractivity contribution in [2.75, 3.05) is 6.54 Å². The van der Waals surface area contributed by atoms with Gasteiger partial charge < -0.3 is 5.11 Å². The van der Waals surface area contributed by atoms with E-state index < -0.39 is 21.6 Å². The Morgan fingerprint density at radius 3 is 2.38 bits per heavy atom. The molecular weight excluding hydrogens is 350 g/mol. The second kappa shape index (κ2) is 5.96. The minimum Gasteiger partial charge on any atom is -0.505 e. The first-order valence-corrected chi connectivity index (χ1v) is 9.05. The first-order chi connectivity index (χ1) is 11.4. The maximum absolute atomic E-state index is 12.8. The van der Waals surface area contributed by atoms with Crippen LogP contribution in [0.15, 0.2) is 59.1 Å². The van der Waals surface area contributed by atoms with Crippen LogP contribution in [0.3, 0.4) is 0 Å². The number of rotatable bonds is 2. The second-order valence-corrected chi connectivity index (χ2v) is 7.47. The zero-order chi connectivity index (χ0) is 17.5. The number of fused-ring (bicyclic) bond motifs is 1. The smallest absolute Gasteiger partial charge is 0.265 e. The van der Waals surface area contributed by atoms with Gasteiger partial charge in [-0.25, -0.2) is 8.42 Å². The molecule has 2 aromatic rings. The second-order valence-electron chi connectivity index (χ2n) is 5.20. The number of allylic oxidation sites excluding steroid dienone is 1. The van der Waals surface area contributed by atoms with Gasteiger partial charge in [-0.3, -0.25) is 9.10 Å². The number of likely N-dealkylation sites (N-methyl/N-ethyl adjacent to an activating group) is 1. The Bertz CT molecular complexity index is 949. The van der Waals surface area contributed by atoms with E-state index in [1.54, 1.807) is 31.2 Å². The fourth-order valence-corrected chi connectivity index (χ4v) is 4.46.